The van der Waals surface area contributed by atoms with Gasteiger partial charge in [0.15, 0.2) is 0 Å². The van der Waals surface area contributed by atoms with E-state index >= 15 is 0 Å². The third kappa shape index (κ3) is 7.28. The highest BCUT2D eigenvalue weighted by molar-refractivity contribution is 6.00. The van der Waals surface area contributed by atoms with Crippen LogP contribution < -0.4 is 10.6 Å². The van der Waals surface area contributed by atoms with Crippen LogP contribution in [0.15, 0.2) is 72.8 Å². The SMILES string of the molecule is CC1CNC(=O)C(C(=O)N[C@@H](CO)c2ccccc2)CC=CCC(Cc2ccccc2)C(=O)O1. The van der Waals surface area contributed by atoms with E-state index in [2.05, 4.69) is 10.6 Å². The Morgan fingerprint density at radius 2 is 1.71 bits per heavy atom. The van der Waals surface area contributed by atoms with Crippen LogP contribution in [0.2, 0.25) is 0 Å². The summed E-state index contributed by atoms with van der Waals surface area (Å²) >= 11 is 0. The Bertz CT molecular complexity index is 977. The first-order valence-corrected chi connectivity index (χ1v) is 11.6. The molecule has 2 aromatic carbocycles. The van der Waals surface area contributed by atoms with E-state index in [1.807, 2.05) is 66.7 Å². The first kappa shape index (κ1) is 25.2. The summed E-state index contributed by atoms with van der Waals surface area (Å²) in [4.78, 5) is 38.5. The zero-order valence-corrected chi connectivity index (χ0v) is 19.4. The predicted octanol–water partition coefficient (Wildman–Crippen LogP) is 2.71. The van der Waals surface area contributed by atoms with Gasteiger partial charge in [-0.1, -0.05) is 72.8 Å². The van der Waals surface area contributed by atoms with Crippen molar-refractivity contribution in [3.63, 3.8) is 0 Å². The van der Waals surface area contributed by atoms with E-state index in [0.717, 1.165) is 11.1 Å². The molecule has 7 nitrogen and oxygen atoms in total. The van der Waals surface area contributed by atoms with Crippen LogP contribution in [-0.2, 0) is 25.5 Å². The number of nitrogens with one attached hydrogen (secondary N) is 2. The minimum absolute atomic E-state index is 0.109. The van der Waals surface area contributed by atoms with Crippen molar-refractivity contribution in [2.45, 2.75) is 38.3 Å². The molecule has 0 aromatic heterocycles. The van der Waals surface area contributed by atoms with E-state index in [4.69, 9.17) is 4.74 Å². The van der Waals surface area contributed by atoms with Crippen LogP contribution in [0.5, 0.6) is 0 Å². The van der Waals surface area contributed by atoms with Crippen molar-refractivity contribution in [3.05, 3.63) is 83.9 Å². The maximum atomic E-state index is 13.0. The van der Waals surface area contributed by atoms with E-state index in [9.17, 15) is 19.5 Å². The van der Waals surface area contributed by atoms with Gasteiger partial charge in [-0.05, 0) is 37.3 Å². The number of esters is 1. The van der Waals surface area contributed by atoms with Crippen molar-refractivity contribution in [3.8, 4) is 0 Å². The maximum absolute atomic E-state index is 13.0. The number of aliphatic hydroxyl groups excluding tert-OH is 1. The standard InChI is InChI=1S/C27H32N2O5/c1-19-17-28-25(31)23(26(32)29-24(18-30)21-12-6-3-7-13-21)15-9-8-14-22(27(33)34-19)16-20-10-4-2-5-11-20/h2-13,19,22-24,30H,14-18H2,1H3,(H,28,31)(H,29,32)/t19?,22?,23?,24-/m0/s1. The van der Waals surface area contributed by atoms with E-state index < -0.39 is 29.9 Å². The second-order valence-electron chi connectivity index (χ2n) is 8.53. The van der Waals surface area contributed by atoms with Crippen LogP contribution in [0.25, 0.3) is 0 Å². The number of ether oxygens (including phenoxy) is 1. The number of hydrogen-bond acceptors (Lipinski definition) is 5. The Labute approximate surface area is 200 Å². The van der Waals surface area contributed by atoms with Crippen LogP contribution in [0.1, 0.15) is 36.9 Å². The molecule has 0 saturated heterocycles. The van der Waals surface area contributed by atoms with E-state index in [1.54, 1.807) is 13.0 Å². The van der Waals surface area contributed by atoms with Gasteiger partial charge in [0.05, 0.1) is 25.1 Å². The van der Waals surface area contributed by atoms with Gasteiger partial charge in [-0.2, -0.15) is 0 Å². The first-order chi connectivity index (χ1) is 16.5. The smallest absolute Gasteiger partial charge is 0.309 e. The van der Waals surface area contributed by atoms with Crippen molar-refractivity contribution in [2.75, 3.05) is 13.2 Å². The first-order valence-electron chi connectivity index (χ1n) is 11.6. The van der Waals surface area contributed by atoms with Gasteiger partial charge in [0.25, 0.3) is 0 Å². The van der Waals surface area contributed by atoms with Crippen LogP contribution in [0.4, 0.5) is 0 Å². The predicted molar refractivity (Wildman–Crippen MR) is 128 cm³/mol. The van der Waals surface area contributed by atoms with Crippen LogP contribution >= 0.6 is 0 Å². The van der Waals surface area contributed by atoms with Crippen molar-refractivity contribution >= 4 is 17.8 Å². The molecule has 2 aromatic rings. The van der Waals surface area contributed by atoms with E-state index in [1.165, 1.54) is 0 Å². The molecule has 0 radical (unpaired) electrons. The molecular weight excluding hydrogens is 432 g/mol. The Hall–Kier alpha value is -3.45. The van der Waals surface area contributed by atoms with Gasteiger partial charge in [0.1, 0.15) is 12.0 Å². The molecule has 0 aliphatic carbocycles. The molecule has 1 aliphatic heterocycles. The van der Waals surface area contributed by atoms with Crippen molar-refractivity contribution in [1.29, 1.82) is 0 Å². The molecule has 180 valence electrons. The zero-order chi connectivity index (χ0) is 24.3. The summed E-state index contributed by atoms with van der Waals surface area (Å²) in [5.41, 5.74) is 1.80. The highest BCUT2D eigenvalue weighted by Crippen LogP contribution is 2.19. The van der Waals surface area contributed by atoms with Gasteiger partial charge < -0.3 is 20.5 Å². The van der Waals surface area contributed by atoms with Crippen LogP contribution in [0, 0.1) is 11.8 Å². The Morgan fingerprint density at radius 1 is 1.06 bits per heavy atom. The fourth-order valence-corrected chi connectivity index (χ4v) is 3.88. The molecule has 2 amide bonds. The number of benzene rings is 2. The Balaban J connectivity index is 1.72. The molecule has 4 atom stereocenters. The summed E-state index contributed by atoms with van der Waals surface area (Å²) in [5.74, 6) is -2.55. The lowest BCUT2D eigenvalue weighted by Crippen LogP contribution is -2.45. The average Bonchev–Trinajstić information content (AvgIpc) is 2.85. The third-order valence-corrected chi connectivity index (χ3v) is 5.83. The second kappa shape index (κ2) is 12.7. The number of rotatable bonds is 6. The van der Waals surface area contributed by atoms with Gasteiger partial charge >= 0.3 is 5.97 Å². The number of allylic oxidation sites excluding steroid dienone is 2. The van der Waals surface area contributed by atoms with Crippen LogP contribution in [0.3, 0.4) is 0 Å². The van der Waals surface area contributed by atoms with Crippen LogP contribution in [-0.4, -0.2) is 42.1 Å². The highest BCUT2D eigenvalue weighted by Gasteiger charge is 2.29. The van der Waals surface area contributed by atoms with E-state index in [0.29, 0.717) is 12.8 Å². The molecule has 3 rings (SSSR count). The molecule has 0 saturated carbocycles. The Morgan fingerprint density at radius 3 is 2.38 bits per heavy atom. The molecule has 0 bridgehead atoms. The van der Waals surface area contributed by atoms with Gasteiger partial charge in [0, 0.05) is 0 Å². The molecule has 0 fully saturated rings. The number of amides is 2. The maximum Gasteiger partial charge on any atom is 0.309 e. The van der Waals surface area contributed by atoms with Crippen molar-refractivity contribution in [1.82, 2.24) is 10.6 Å². The monoisotopic (exact) mass is 464 g/mol. The number of hydrogen-bond donors (Lipinski definition) is 3. The number of carbonyl (C=O) groups excluding carboxylic acids is 3. The topological polar surface area (TPSA) is 105 Å². The lowest BCUT2D eigenvalue weighted by Gasteiger charge is -2.23. The molecule has 0 spiro atoms. The summed E-state index contributed by atoms with van der Waals surface area (Å²) in [6.07, 6.45) is 4.23. The molecular formula is C27H32N2O5. The zero-order valence-electron chi connectivity index (χ0n) is 19.4. The van der Waals surface area contributed by atoms with Gasteiger partial charge in [0.2, 0.25) is 11.8 Å². The normalized spacial score (nSPS) is 22.5. The Kier molecular flexibility index (Phi) is 9.40. The highest BCUT2D eigenvalue weighted by atomic mass is 16.5. The quantitative estimate of drug-likeness (QED) is 0.346. The fraction of sp³-hybridized carbons (Fsp3) is 0.370. The third-order valence-electron chi connectivity index (χ3n) is 5.83. The molecule has 1 heterocycles. The summed E-state index contributed by atoms with van der Waals surface area (Å²) in [6, 6.07) is 18.3. The summed E-state index contributed by atoms with van der Waals surface area (Å²) in [7, 11) is 0. The molecule has 7 heteroatoms. The minimum atomic E-state index is -0.969. The minimum Gasteiger partial charge on any atom is -0.461 e. The van der Waals surface area contributed by atoms with Crippen molar-refractivity contribution < 1.29 is 24.2 Å². The molecule has 3 unspecified atom stereocenters. The van der Waals surface area contributed by atoms with Gasteiger partial charge in [-0.15, -0.1) is 0 Å². The summed E-state index contributed by atoms with van der Waals surface area (Å²) in [5, 5.41) is 15.3. The largest absolute Gasteiger partial charge is 0.461 e. The molecule has 1 aliphatic rings. The number of carbonyl (C=O) groups is 3. The lowest BCUT2D eigenvalue weighted by molar-refractivity contribution is -0.153. The van der Waals surface area contributed by atoms with Gasteiger partial charge in [-0.3, -0.25) is 14.4 Å². The van der Waals surface area contributed by atoms with E-state index in [-0.39, 0.29) is 31.5 Å². The van der Waals surface area contributed by atoms with Gasteiger partial charge in [-0.25, -0.2) is 0 Å². The fourth-order valence-electron chi connectivity index (χ4n) is 3.88. The number of aliphatic hydroxyl groups is 1. The van der Waals surface area contributed by atoms with Crippen molar-refractivity contribution in [2.24, 2.45) is 11.8 Å². The summed E-state index contributed by atoms with van der Waals surface area (Å²) < 4.78 is 5.57. The summed E-state index contributed by atoms with van der Waals surface area (Å²) in [6.45, 7) is 1.54. The second-order valence-corrected chi connectivity index (χ2v) is 8.53. The lowest BCUT2D eigenvalue weighted by atomic mass is 9.94. The molecule has 34 heavy (non-hydrogen) atoms. The average molecular weight is 465 g/mol. The molecule has 3 N–H and O–H groups in total. The number of cyclic esters (lactones) is 1.